The van der Waals surface area contributed by atoms with Crippen LogP contribution in [0.5, 0.6) is 5.75 Å². The van der Waals surface area contributed by atoms with Crippen molar-refractivity contribution in [2.45, 2.75) is 51.6 Å². The highest BCUT2D eigenvalue weighted by atomic mass is 32.1. The Morgan fingerprint density at radius 2 is 2.05 bits per heavy atom. The fraction of sp³-hybridized carbons (Fsp3) is 0.588. The van der Waals surface area contributed by atoms with Gasteiger partial charge in [0.15, 0.2) is 0 Å². The van der Waals surface area contributed by atoms with Crippen molar-refractivity contribution in [2.24, 2.45) is 5.73 Å². The molecular weight excluding hydrogens is 280 g/mol. The van der Waals surface area contributed by atoms with Gasteiger partial charge in [0.1, 0.15) is 12.4 Å². The quantitative estimate of drug-likeness (QED) is 0.785. The molecule has 0 spiro atoms. The summed E-state index contributed by atoms with van der Waals surface area (Å²) in [6.45, 7) is 6.35. The second-order valence-electron chi connectivity index (χ2n) is 5.86. The molecule has 1 aromatic carbocycles. The molecule has 3 nitrogen and oxygen atoms in total. The van der Waals surface area contributed by atoms with Crippen molar-refractivity contribution in [3.63, 3.8) is 0 Å². The number of benzene rings is 1. The van der Waals surface area contributed by atoms with Gasteiger partial charge in [0.25, 0.3) is 0 Å². The van der Waals surface area contributed by atoms with Gasteiger partial charge < -0.3 is 10.5 Å². The molecule has 21 heavy (non-hydrogen) atoms. The molecule has 1 aromatic rings. The van der Waals surface area contributed by atoms with Crippen molar-refractivity contribution in [1.82, 2.24) is 4.90 Å². The molecule has 0 amide bonds. The fourth-order valence-electron chi connectivity index (χ4n) is 3.14. The number of hydrogen-bond donors (Lipinski definition) is 1. The Morgan fingerprint density at radius 1 is 1.33 bits per heavy atom. The Balaban J connectivity index is 1.79. The van der Waals surface area contributed by atoms with Gasteiger partial charge in [-0.25, -0.2) is 0 Å². The van der Waals surface area contributed by atoms with Gasteiger partial charge in [-0.1, -0.05) is 31.3 Å². The number of hydrogen-bond acceptors (Lipinski definition) is 3. The molecule has 1 aliphatic rings. The Bertz CT molecular complexity index is 460. The molecule has 1 saturated heterocycles. The van der Waals surface area contributed by atoms with Crippen LogP contribution in [0.2, 0.25) is 0 Å². The maximum absolute atomic E-state index is 5.86. The molecule has 0 aromatic heterocycles. The van der Waals surface area contributed by atoms with Crippen molar-refractivity contribution in [1.29, 1.82) is 0 Å². The topological polar surface area (TPSA) is 38.5 Å². The van der Waals surface area contributed by atoms with Gasteiger partial charge in [0.05, 0.1) is 4.99 Å². The van der Waals surface area contributed by atoms with E-state index < -0.39 is 0 Å². The number of nitrogens with zero attached hydrogens (tertiary/aromatic N) is 1. The van der Waals surface area contributed by atoms with E-state index in [0.29, 0.717) is 17.5 Å². The van der Waals surface area contributed by atoms with Crippen molar-refractivity contribution in [3.8, 4) is 5.75 Å². The van der Waals surface area contributed by atoms with E-state index >= 15 is 0 Å². The molecule has 2 N–H and O–H groups in total. The summed E-state index contributed by atoms with van der Waals surface area (Å²) in [5, 5.41) is 0. The zero-order chi connectivity index (χ0) is 15.2. The van der Waals surface area contributed by atoms with E-state index in [9.17, 15) is 0 Å². The maximum Gasteiger partial charge on any atom is 0.119 e. The van der Waals surface area contributed by atoms with Crippen molar-refractivity contribution in [3.05, 3.63) is 29.8 Å². The third kappa shape index (κ3) is 4.68. The molecule has 0 radical (unpaired) electrons. The Kier molecular flexibility index (Phi) is 6.00. The Hall–Kier alpha value is -1.13. The van der Waals surface area contributed by atoms with Crippen LogP contribution in [0.15, 0.2) is 24.3 Å². The number of thiocarbonyl (C=S) groups is 1. The highest BCUT2D eigenvalue weighted by molar-refractivity contribution is 7.80. The summed E-state index contributed by atoms with van der Waals surface area (Å²) in [5.74, 6) is 0.918. The van der Waals surface area contributed by atoms with Crippen molar-refractivity contribution >= 4 is 17.2 Å². The standard InChI is InChI=1S/C17H26N2OS/c1-3-15-7-4-13(2)19(15)10-11-20-16-8-5-14(6-9-16)12-17(18)21/h5-6,8-9,13,15H,3-4,7,10-12H2,1-2H3,(H2,18,21). The van der Waals surface area contributed by atoms with Crippen molar-refractivity contribution in [2.75, 3.05) is 13.2 Å². The van der Waals surface area contributed by atoms with Crippen LogP contribution in [0.25, 0.3) is 0 Å². The SMILES string of the molecule is CCC1CCC(C)N1CCOc1ccc(CC(N)=S)cc1. The molecule has 1 fully saturated rings. The van der Waals surface area contributed by atoms with Crippen LogP contribution >= 0.6 is 12.2 Å². The van der Waals surface area contributed by atoms with E-state index in [1.54, 1.807) is 0 Å². The normalized spacial score (nSPS) is 22.4. The lowest BCUT2D eigenvalue weighted by atomic mass is 10.1. The summed E-state index contributed by atoms with van der Waals surface area (Å²) in [4.78, 5) is 3.11. The third-order valence-electron chi connectivity index (χ3n) is 4.34. The molecule has 0 saturated carbocycles. The first-order valence-corrected chi connectivity index (χ1v) is 8.26. The van der Waals surface area contributed by atoms with Gasteiger partial charge in [-0.2, -0.15) is 0 Å². The van der Waals surface area contributed by atoms with Gasteiger partial charge >= 0.3 is 0 Å². The van der Waals surface area contributed by atoms with Gasteiger partial charge in [-0.15, -0.1) is 0 Å². The summed E-state index contributed by atoms with van der Waals surface area (Å²) < 4.78 is 5.86. The minimum atomic E-state index is 0.525. The van der Waals surface area contributed by atoms with E-state index in [4.69, 9.17) is 22.7 Å². The molecule has 116 valence electrons. The zero-order valence-corrected chi connectivity index (χ0v) is 13.9. The predicted molar refractivity (Wildman–Crippen MR) is 91.9 cm³/mol. The van der Waals surface area contributed by atoms with E-state index in [1.807, 2.05) is 24.3 Å². The maximum atomic E-state index is 5.86. The third-order valence-corrected chi connectivity index (χ3v) is 4.49. The van der Waals surface area contributed by atoms with E-state index in [-0.39, 0.29) is 0 Å². The van der Waals surface area contributed by atoms with Gasteiger partial charge in [-0.05, 0) is 43.9 Å². The second kappa shape index (κ2) is 7.76. The van der Waals surface area contributed by atoms with Crippen LogP contribution in [0.4, 0.5) is 0 Å². The van der Waals surface area contributed by atoms with Crippen LogP contribution in [0.3, 0.4) is 0 Å². The van der Waals surface area contributed by atoms with Crippen LogP contribution in [0, 0.1) is 0 Å². The highest BCUT2D eigenvalue weighted by Crippen LogP contribution is 2.25. The summed E-state index contributed by atoms with van der Waals surface area (Å²) in [7, 11) is 0. The number of likely N-dealkylation sites (tertiary alicyclic amines) is 1. The number of rotatable bonds is 7. The van der Waals surface area contributed by atoms with E-state index in [0.717, 1.165) is 30.5 Å². The Morgan fingerprint density at radius 3 is 2.67 bits per heavy atom. The monoisotopic (exact) mass is 306 g/mol. The van der Waals surface area contributed by atoms with Gasteiger partial charge in [-0.3, -0.25) is 4.90 Å². The van der Waals surface area contributed by atoms with Crippen LogP contribution in [-0.2, 0) is 6.42 Å². The first-order chi connectivity index (χ1) is 10.1. The minimum absolute atomic E-state index is 0.525. The summed E-state index contributed by atoms with van der Waals surface area (Å²) in [6.07, 6.45) is 4.52. The van der Waals surface area contributed by atoms with Crippen LogP contribution < -0.4 is 10.5 Å². The molecule has 0 bridgehead atoms. The molecule has 2 unspecified atom stereocenters. The summed E-state index contributed by atoms with van der Waals surface area (Å²) in [5.41, 5.74) is 6.68. The molecule has 4 heteroatoms. The smallest absolute Gasteiger partial charge is 0.119 e. The average Bonchev–Trinajstić information content (AvgIpc) is 2.81. The summed E-state index contributed by atoms with van der Waals surface area (Å²) in [6, 6.07) is 9.48. The Labute approximate surface area is 133 Å². The lowest BCUT2D eigenvalue weighted by Gasteiger charge is -2.27. The second-order valence-corrected chi connectivity index (χ2v) is 6.39. The molecular formula is C17H26N2OS. The zero-order valence-electron chi connectivity index (χ0n) is 13.0. The molecule has 1 heterocycles. The molecule has 2 rings (SSSR count). The number of ether oxygens (including phenoxy) is 1. The fourth-order valence-corrected chi connectivity index (χ4v) is 3.31. The lowest BCUT2D eigenvalue weighted by Crippen LogP contribution is -2.37. The minimum Gasteiger partial charge on any atom is -0.492 e. The van der Waals surface area contributed by atoms with Gasteiger partial charge in [0, 0.05) is 25.0 Å². The first kappa shape index (κ1) is 16.2. The molecule has 0 aliphatic carbocycles. The van der Waals surface area contributed by atoms with E-state index in [2.05, 4.69) is 18.7 Å². The van der Waals surface area contributed by atoms with Crippen LogP contribution in [-0.4, -0.2) is 35.1 Å². The summed E-state index contributed by atoms with van der Waals surface area (Å²) >= 11 is 4.92. The lowest BCUT2D eigenvalue weighted by molar-refractivity contribution is 0.159. The first-order valence-electron chi connectivity index (χ1n) is 7.86. The largest absolute Gasteiger partial charge is 0.492 e. The van der Waals surface area contributed by atoms with Crippen molar-refractivity contribution < 1.29 is 4.74 Å². The van der Waals surface area contributed by atoms with E-state index in [1.165, 1.54) is 19.3 Å². The van der Waals surface area contributed by atoms with Crippen LogP contribution in [0.1, 0.15) is 38.7 Å². The molecule has 2 atom stereocenters. The molecule has 1 aliphatic heterocycles. The number of nitrogens with two attached hydrogens (primary N) is 1. The predicted octanol–water partition coefficient (Wildman–Crippen LogP) is 3.16. The highest BCUT2D eigenvalue weighted by Gasteiger charge is 2.28. The van der Waals surface area contributed by atoms with Gasteiger partial charge in [0.2, 0.25) is 0 Å². The average molecular weight is 306 g/mol.